The molecule has 0 heterocycles. The first-order chi connectivity index (χ1) is 11.0. The summed E-state index contributed by atoms with van der Waals surface area (Å²) in [6.07, 6.45) is 9.57. The normalized spacial score (nSPS) is 25.5. The fourth-order valence-corrected chi connectivity index (χ4v) is 2.33. The first-order valence-electron chi connectivity index (χ1n) is 8.32. The Morgan fingerprint density at radius 2 is 1.83 bits per heavy atom. The summed E-state index contributed by atoms with van der Waals surface area (Å²) in [6.45, 7) is 11.9. The minimum atomic E-state index is -0.629. The van der Waals surface area contributed by atoms with Crippen LogP contribution in [-0.4, -0.2) is 5.71 Å². The second kappa shape index (κ2) is 10.9. The maximum absolute atomic E-state index is 14.0. The molecule has 2 aliphatic carbocycles. The van der Waals surface area contributed by atoms with Crippen molar-refractivity contribution in [3.63, 3.8) is 0 Å². The quantitative estimate of drug-likeness (QED) is 0.496. The summed E-state index contributed by atoms with van der Waals surface area (Å²) >= 11 is 0. The van der Waals surface area contributed by atoms with Crippen LogP contribution >= 0.6 is 0 Å². The lowest BCUT2D eigenvalue weighted by molar-refractivity contribution is 0.512. The van der Waals surface area contributed by atoms with Crippen LogP contribution in [0, 0.1) is 11.3 Å². The van der Waals surface area contributed by atoms with Gasteiger partial charge in [0, 0.05) is 24.0 Å². The van der Waals surface area contributed by atoms with Crippen LogP contribution in [0.25, 0.3) is 0 Å². The molecule has 0 amide bonds. The Morgan fingerprint density at radius 3 is 2.35 bits per heavy atom. The van der Waals surface area contributed by atoms with Crippen molar-refractivity contribution in [3.8, 4) is 0 Å². The Labute approximate surface area is 139 Å². The van der Waals surface area contributed by atoms with E-state index in [1.54, 1.807) is 13.0 Å². The Kier molecular flexibility index (Phi) is 10.0. The van der Waals surface area contributed by atoms with Crippen LogP contribution in [0.3, 0.4) is 0 Å². The highest BCUT2D eigenvalue weighted by molar-refractivity contribution is 6.11. The Bertz CT molecular complexity index is 560. The molecule has 0 aromatic heterocycles. The molecule has 0 aromatic rings. The van der Waals surface area contributed by atoms with E-state index in [2.05, 4.69) is 13.8 Å². The highest BCUT2D eigenvalue weighted by Crippen LogP contribution is 2.38. The summed E-state index contributed by atoms with van der Waals surface area (Å²) in [4.78, 5) is 0. The summed E-state index contributed by atoms with van der Waals surface area (Å²) in [5.41, 5.74) is 1.98. The molecule has 0 saturated carbocycles. The van der Waals surface area contributed by atoms with Crippen LogP contribution in [-0.2, 0) is 0 Å². The van der Waals surface area contributed by atoms with Crippen LogP contribution in [0.1, 0.15) is 54.4 Å². The van der Waals surface area contributed by atoms with Crippen LogP contribution in [0.4, 0.5) is 8.78 Å². The summed E-state index contributed by atoms with van der Waals surface area (Å²) in [7, 11) is 0. The number of rotatable bonds is 0. The van der Waals surface area contributed by atoms with E-state index < -0.39 is 17.6 Å². The molecule has 2 rings (SSSR count). The number of nitrogens with one attached hydrogen (secondary N) is 1. The van der Waals surface area contributed by atoms with Gasteiger partial charge in [0.25, 0.3) is 0 Å². The molecule has 0 aromatic carbocycles. The van der Waals surface area contributed by atoms with Gasteiger partial charge in [0.1, 0.15) is 11.7 Å². The van der Waals surface area contributed by atoms with Gasteiger partial charge in [-0.25, -0.2) is 8.78 Å². The van der Waals surface area contributed by atoms with Gasteiger partial charge < -0.3 is 5.41 Å². The van der Waals surface area contributed by atoms with Gasteiger partial charge in [0.05, 0.1) is 5.71 Å². The van der Waals surface area contributed by atoms with Crippen molar-refractivity contribution in [2.45, 2.75) is 54.4 Å². The van der Waals surface area contributed by atoms with Crippen molar-refractivity contribution in [3.05, 3.63) is 58.8 Å². The van der Waals surface area contributed by atoms with Gasteiger partial charge in [-0.15, -0.1) is 0 Å². The number of hydrogen-bond acceptors (Lipinski definition) is 1. The second-order valence-corrected chi connectivity index (χ2v) is 5.19. The number of fused-ring (bicyclic) bond motifs is 1. The summed E-state index contributed by atoms with van der Waals surface area (Å²) in [5, 5.41) is 8.04. The lowest BCUT2D eigenvalue weighted by Gasteiger charge is -2.26. The molecule has 1 nitrogen and oxygen atoms in total. The van der Waals surface area contributed by atoms with Crippen molar-refractivity contribution in [1.82, 2.24) is 0 Å². The molecule has 128 valence electrons. The molecule has 23 heavy (non-hydrogen) atoms. The van der Waals surface area contributed by atoms with Crippen LogP contribution in [0.5, 0.6) is 0 Å². The van der Waals surface area contributed by atoms with E-state index in [0.717, 1.165) is 11.6 Å². The van der Waals surface area contributed by atoms with E-state index in [0.29, 0.717) is 11.1 Å². The molecule has 1 unspecified atom stereocenters. The molecule has 0 saturated heterocycles. The van der Waals surface area contributed by atoms with Gasteiger partial charge in [-0.2, -0.15) is 0 Å². The Hall–Kier alpha value is -1.77. The summed E-state index contributed by atoms with van der Waals surface area (Å²) in [6, 6.07) is 0. The van der Waals surface area contributed by atoms with Gasteiger partial charge in [0.2, 0.25) is 0 Å². The van der Waals surface area contributed by atoms with Gasteiger partial charge in [-0.1, -0.05) is 58.4 Å². The molecule has 1 atom stereocenters. The van der Waals surface area contributed by atoms with Gasteiger partial charge in [-0.3, -0.25) is 0 Å². The topological polar surface area (TPSA) is 23.9 Å². The first kappa shape index (κ1) is 21.2. The molecule has 0 radical (unpaired) electrons. The van der Waals surface area contributed by atoms with E-state index >= 15 is 0 Å². The van der Waals surface area contributed by atoms with E-state index in [1.165, 1.54) is 6.42 Å². The number of allylic oxidation sites excluding steroid dienone is 10. The fourth-order valence-electron chi connectivity index (χ4n) is 2.33. The predicted octanol–water partition coefficient (Wildman–Crippen LogP) is 7.01. The minimum Gasteiger partial charge on any atom is -0.300 e. The van der Waals surface area contributed by atoms with Gasteiger partial charge in [-0.05, 0) is 25.0 Å². The van der Waals surface area contributed by atoms with E-state index in [1.807, 2.05) is 39.0 Å². The summed E-state index contributed by atoms with van der Waals surface area (Å²) in [5.74, 6) is -1.49. The SMILES string of the molecule is CC.CC=C1/C=C\C=C(\C)C(=N)C2=C(F)C=C(F)CC12.CCC. The third-order valence-corrected chi connectivity index (χ3v) is 3.32. The lowest BCUT2D eigenvalue weighted by Crippen LogP contribution is -2.20. The number of halogens is 2. The third kappa shape index (κ3) is 5.74. The van der Waals surface area contributed by atoms with Crippen molar-refractivity contribution in [1.29, 1.82) is 5.41 Å². The van der Waals surface area contributed by atoms with Crippen molar-refractivity contribution < 1.29 is 8.78 Å². The van der Waals surface area contributed by atoms with E-state index in [9.17, 15) is 8.78 Å². The second-order valence-electron chi connectivity index (χ2n) is 5.19. The maximum Gasteiger partial charge on any atom is 0.131 e. The van der Waals surface area contributed by atoms with Crippen molar-refractivity contribution in [2.24, 2.45) is 5.92 Å². The molecule has 0 bridgehead atoms. The Balaban J connectivity index is 0.000000868. The lowest BCUT2D eigenvalue weighted by atomic mass is 9.79. The highest BCUT2D eigenvalue weighted by Gasteiger charge is 2.30. The Morgan fingerprint density at radius 1 is 1.26 bits per heavy atom. The largest absolute Gasteiger partial charge is 0.300 e. The monoisotopic (exact) mass is 321 g/mol. The zero-order valence-electron chi connectivity index (χ0n) is 15.1. The van der Waals surface area contributed by atoms with Crippen molar-refractivity contribution in [2.75, 3.05) is 0 Å². The van der Waals surface area contributed by atoms with Crippen LogP contribution in [0.15, 0.2) is 58.8 Å². The van der Waals surface area contributed by atoms with Crippen LogP contribution in [0.2, 0.25) is 0 Å². The van der Waals surface area contributed by atoms with E-state index in [4.69, 9.17) is 5.41 Å². The molecule has 0 aliphatic heterocycles. The predicted molar refractivity (Wildman–Crippen MR) is 97.1 cm³/mol. The molecule has 1 N–H and O–H groups in total. The standard InChI is InChI=1S/C15H15F2N.C3H8.C2H6/c1-3-10-6-4-5-9(2)15(18)14-12(10)7-11(16)8-13(14)17;1-3-2;1-2/h3-6,8,12,18H,7H2,1-2H3;3H2,1-2H3;1-2H3/b6-4-,9-5-,10-3?,18-15?;;. The maximum atomic E-state index is 14.0. The molecule has 2 aliphatic rings. The molecular formula is C20H29F2N. The van der Waals surface area contributed by atoms with E-state index in [-0.39, 0.29) is 12.1 Å². The highest BCUT2D eigenvalue weighted by atomic mass is 19.1. The smallest absolute Gasteiger partial charge is 0.131 e. The molecular weight excluding hydrogens is 292 g/mol. The first-order valence-corrected chi connectivity index (χ1v) is 8.32. The number of hydrogen-bond donors (Lipinski definition) is 1. The average Bonchev–Trinajstić information content (AvgIpc) is 2.52. The average molecular weight is 321 g/mol. The molecule has 0 spiro atoms. The fraction of sp³-hybridized carbons (Fsp3) is 0.450. The third-order valence-electron chi connectivity index (χ3n) is 3.32. The zero-order valence-corrected chi connectivity index (χ0v) is 15.1. The molecule has 3 heteroatoms. The minimum absolute atomic E-state index is 0.127. The summed E-state index contributed by atoms with van der Waals surface area (Å²) < 4.78 is 27.4. The van der Waals surface area contributed by atoms with Crippen molar-refractivity contribution >= 4 is 5.71 Å². The van der Waals surface area contributed by atoms with Gasteiger partial charge in [0.15, 0.2) is 0 Å². The van der Waals surface area contributed by atoms with Crippen LogP contribution < -0.4 is 0 Å². The van der Waals surface area contributed by atoms with Gasteiger partial charge >= 0.3 is 0 Å². The molecule has 0 fully saturated rings. The zero-order chi connectivity index (χ0) is 18.0.